The molecule has 1 aromatic carbocycles. The van der Waals surface area contributed by atoms with E-state index >= 15 is 0 Å². The molecule has 1 saturated carbocycles. The largest absolute Gasteiger partial charge is 0.394 e. The highest BCUT2D eigenvalue weighted by molar-refractivity contribution is 5.79. The second-order valence-electron chi connectivity index (χ2n) is 9.28. The summed E-state index contributed by atoms with van der Waals surface area (Å²) in [6.07, 6.45) is 5.82. The maximum Gasteiger partial charge on any atom is 0.225 e. The summed E-state index contributed by atoms with van der Waals surface area (Å²) < 4.78 is 0. The number of piperazine rings is 2. The second kappa shape index (κ2) is 8.52. The molecule has 3 fully saturated rings. The first kappa shape index (κ1) is 19.9. The van der Waals surface area contributed by atoms with Crippen molar-refractivity contribution in [3.63, 3.8) is 0 Å². The molecule has 28 heavy (non-hydrogen) atoms. The Bertz CT molecular complexity index is 661. The van der Waals surface area contributed by atoms with Gasteiger partial charge in [0.2, 0.25) is 5.91 Å². The van der Waals surface area contributed by atoms with Crippen LogP contribution in [0.1, 0.15) is 44.6 Å². The third-order valence-electron chi connectivity index (χ3n) is 7.07. The van der Waals surface area contributed by atoms with Crippen molar-refractivity contribution in [1.82, 2.24) is 14.7 Å². The van der Waals surface area contributed by atoms with Crippen molar-refractivity contribution in [3.05, 3.63) is 35.9 Å². The van der Waals surface area contributed by atoms with Crippen LogP contribution in [0, 0.1) is 5.92 Å². The Morgan fingerprint density at radius 1 is 1.11 bits per heavy atom. The van der Waals surface area contributed by atoms with E-state index in [1.165, 1.54) is 24.8 Å². The van der Waals surface area contributed by atoms with Gasteiger partial charge in [-0.25, -0.2) is 0 Å². The zero-order chi connectivity index (χ0) is 19.6. The minimum atomic E-state index is -0.238. The Kier molecular flexibility index (Phi) is 6.04. The quantitative estimate of drug-likeness (QED) is 0.864. The summed E-state index contributed by atoms with van der Waals surface area (Å²) in [6.45, 7) is 7.54. The smallest absolute Gasteiger partial charge is 0.225 e. The van der Waals surface area contributed by atoms with Gasteiger partial charge in [-0.2, -0.15) is 0 Å². The molecule has 1 aliphatic carbocycles. The molecule has 1 aromatic rings. The van der Waals surface area contributed by atoms with Crippen LogP contribution in [0.2, 0.25) is 0 Å². The van der Waals surface area contributed by atoms with Crippen LogP contribution in [-0.4, -0.2) is 76.6 Å². The minimum absolute atomic E-state index is 0.158. The molecule has 2 atom stereocenters. The first-order valence-electron chi connectivity index (χ1n) is 11.0. The molecule has 0 unspecified atom stereocenters. The average molecular weight is 386 g/mol. The van der Waals surface area contributed by atoms with Gasteiger partial charge in [0.1, 0.15) is 0 Å². The van der Waals surface area contributed by atoms with Gasteiger partial charge in [0, 0.05) is 51.2 Å². The van der Waals surface area contributed by atoms with E-state index in [9.17, 15) is 9.90 Å². The van der Waals surface area contributed by atoms with E-state index < -0.39 is 0 Å². The van der Waals surface area contributed by atoms with E-state index in [0.717, 1.165) is 52.1 Å². The number of carbonyl (C=O) groups is 1. The Morgan fingerprint density at radius 3 is 2.57 bits per heavy atom. The Balaban J connectivity index is 1.45. The van der Waals surface area contributed by atoms with Crippen LogP contribution < -0.4 is 0 Å². The van der Waals surface area contributed by atoms with Crippen molar-refractivity contribution >= 4 is 5.91 Å². The molecule has 5 heteroatoms. The molecule has 154 valence electrons. The fourth-order valence-corrected chi connectivity index (χ4v) is 5.57. The fraction of sp³-hybridized carbons (Fsp3) is 0.696. The van der Waals surface area contributed by atoms with Crippen LogP contribution in [0.3, 0.4) is 0 Å². The first-order valence-corrected chi connectivity index (χ1v) is 11.0. The number of fused-ring (bicyclic) bond motifs is 1. The molecule has 2 aliphatic heterocycles. The molecule has 0 bridgehead atoms. The lowest BCUT2D eigenvalue weighted by Gasteiger charge is -2.56. The molecular formula is C23H35N3O2. The predicted molar refractivity (Wildman–Crippen MR) is 111 cm³/mol. The average Bonchev–Trinajstić information content (AvgIpc) is 2.74. The summed E-state index contributed by atoms with van der Waals surface area (Å²) in [5.74, 6) is 0.624. The maximum absolute atomic E-state index is 13.1. The topological polar surface area (TPSA) is 47.0 Å². The van der Waals surface area contributed by atoms with Crippen molar-refractivity contribution in [2.45, 2.75) is 57.2 Å². The van der Waals surface area contributed by atoms with Gasteiger partial charge in [-0.15, -0.1) is 0 Å². The molecule has 4 rings (SSSR count). The zero-order valence-corrected chi connectivity index (χ0v) is 17.2. The number of hydrogen-bond donors (Lipinski definition) is 1. The molecular weight excluding hydrogens is 350 g/mol. The van der Waals surface area contributed by atoms with E-state index in [0.29, 0.717) is 11.9 Å². The van der Waals surface area contributed by atoms with Crippen molar-refractivity contribution < 1.29 is 9.90 Å². The van der Waals surface area contributed by atoms with Crippen LogP contribution in [0.4, 0.5) is 0 Å². The number of benzene rings is 1. The number of rotatable bonds is 4. The van der Waals surface area contributed by atoms with Gasteiger partial charge < -0.3 is 10.0 Å². The highest BCUT2D eigenvalue weighted by Gasteiger charge is 2.46. The van der Waals surface area contributed by atoms with Gasteiger partial charge >= 0.3 is 0 Å². The lowest BCUT2D eigenvalue weighted by molar-refractivity contribution is -0.146. The normalized spacial score (nSPS) is 30.2. The molecule has 1 amide bonds. The SMILES string of the molecule is C[C@@]1(CO)CN(Cc2ccccc2)C[C@@H]2CN(C(=O)C3CCCCC3)CCN21. The summed E-state index contributed by atoms with van der Waals surface area (Å²) in [6, 6.07) is 10.9. The monoisotopic (exact) mass is 385 g/mol. The van der Waals surface area contributed by atoms with Crippen LogP contribution in [0.15, 0.2) is 30.3 Å². The highest BCUT2D eigenvalue weighted by atomic mass is 16.3. The molecule has 2 saturated heterocycles. The van der Waals surface area contributed by atoms with Crippen molar-refractivity contribution in [3.8, 4) is 0 Å². The van der Waals surface area contributed by atoms with Crippen LogP contribution >= 0.6 is 0 Å². The number of aliphatic hydroxyl groups excluding tert-OH is 1. The van der Waals surface area contributed by atoms with E-state index in [-0.39, 0.29) is 18.1 Å². The van der Waals surface area contributed by atoms with Gasteiger partial charge in [-0.1, -0.05) is 49.6 Å². The van der Waals surface area contributed by atoms with Crippen molar-refractivity contribution in [2.75, 3.05) is 39.3 Å². The van der Waals surface area contributed by atoms with E-state index in [4.69, 9.17) is 0 Å². The summed E-state index contributed by atoms with van der Waals surface area (Å²) in [7, 11) is 0. The summed E-state index contributed by atoms with van der Waals surface area (Å²) in [5.41, 5.74) is 1.07. The minimum Gasteiger partial charge on any atom is -0.394 e. The molecule has 0 radical (unpaired) electrons. The summed E-state index contributed by atoms with van der Waals surface area (Å²) >= 11 is 0. The van der Waals surface area contributed by atoms with Gasteiger partial charge in [-0.05, 0) is 25.3 Å². The Labute approximate surface area is 169 Å². The summed E-state index contributed by atoms with van der Waals surface area (Å²) in [5, 5.41) is 10.2. The Hall–Kier alpha value is -1.43. The van der Waals surface area contributed by atoms with Crippen LogP contribution in [-0.2, 0) is 11.3 Å². The second-order valence-corrected chi connectivity index (χ2v) is 9.28. The van der Waals surface area contributed by atoms with Crippen molar-refractivity contribution in [2.24, 2.45) is 5.92 Å². The van der Waals surface area contributed by atoms with Gasteiger partial charge in [0.25, 0.3) is 0 Å². The number of aliphatic hydroxyl groups is 1. The van der Waals surface area contributed by atoms with E-state index in [2.05, 4.69) is 52.0 Å². The molecule has 0 aromatic heterocycles. The van der Waals surface area contributed by atoms with Gasteiger partial charge in [-0.3, -0.25) is 14.6 Å². The Morgan fingerprint density at radius 2 is 1.86 bits per heavy atom. The third kappa shape index (κ3) is 4.12. The maximum atomic E-state index is 13.1. The molecule has 5 nitrogen and oxygen atoms in total. The van der Waals surface area contributed by atoms with Gasteiger partial charge in [0.05, 0.1) is 12.1 Å². The first-order chi connectivity index (χ1) is 13.6. The van der Waals surface area contributed by atoms with E-state index in [1.54, 1.807) is 0 Å². The third-order valence-corrected chi connectivity index (χ3v) is 7.07. The number of hydrogen-bond acceptors (Lipinski definition) is 4. The number of nitrogens with zero attached hydrogens (tertiary/aromatic N) is 3. The predicted octanol–water partition coefficient (Wildman–Crippen LogP) is 2.35. The fourth-order valence-electron chi connectivity index (χ4n) is 5.57. The van der Waals surface area contributed by atoms with Gasteiger partial charge in [0.15, 0.2) is 0 Å². The lowest BCUT2D eigenvalue weighted by Crippen LogP contribution is -2.72. The standard InChI is InChI=1S/C23H35N3O2/c1-23(18-27)17-24(14-19-8-4-2-5-9-19)15-21-16-25(12-13-26(21)23)22(28)20-10-6-3-7-11-20/h2,4-5,8-9,20-21,27H,3,6-7,10-18H2,1H3/t21-,23+/m1/s1. The van der Waals surface area contributed by atoms with Crippen LogP contribution in [0.5, 0.6) is 0 Å². The zero-order valence-electron chi connectivity index (χ0n) is 17.2. The number of carbonyl (C=O) groups excluding carboxylic acids is 1. The molecule has 0 spiro atoms. The highest BCUT2D eigenvalue weighted by Crippen LogP contribution is 2.31. The molecule has 2 heterocycles. The molecule has 1 N–H and O–H groups in total. The van der Waals surface area contributed by atoms with E-state index in [1.807, 2.05) is 0 Å². The van der Waals surface area contributed by atoms with Crippen LogP contribution in [0.25, 0.3) is 0 Å². The summed E-state index contributed by atoms with van der Waals surface area (Å²) in [4.78, 5) is 20.1. The number of amides is 1. The molecule has 3 aliphatic rings. The lowest BCUT2D eigenvalue weighted by atomic mass is 9.87. The van der Waals surface area contributed by atoms with Crippen molar-refractivity contribution in [1.29, 1.82) is 0 Å².